The Bertz CT molecular complexity index is 420. The Hall–Kier alpha value is -1.20. The lowest BCUT2D eigenvalue weighted by atomic mass is 10.0. The molecular weight excluding hydrogens is 250 g/mol. The largest absolute Gasteiger partial charge is 0.481 e. The summed E-state index contributed by atoms with van der Waals surface area (Å²) in [7, 11) is -0.756. The van der Waals surface area contributed by atoms with Crippen molar-refractivity contribution in [2.45, 2.75) is 19.9 Å². The van der Waals surface area contributed by atoms with Crippen molar-refractivity contribution in [2.24, 2.45) is 0 Å². The fourth-order valence-corrected chi connectivity index (χ4v) is 2.28. The molecule has 4 nitrogen and oxygen atoms in total. The minimum atomic E-state index is -0.825. The lowest BCUT2D eigenvalue weighted by Gasteiger charge is -2.08. The quantitative estimate of drug-likeness (QED) is 0.695. The minimum Gasteiger partial charge on any atom is -0.481 e. The summed E-state index contributed by atoms with van der Waals surface area (Å²) in [5, 5.41) is 12.0. The van der Waals surface area contributed by atoms with Crippen LogP contribution >= 0.6 is 0 Å². The van der Waals surface area contributed by atoms with Gasteiger partial charge in [0.2, 0.25) is 0 Å². The van der Waals surface area contributed by atoms with E-state index in [0.29, 0.717) is 24.6 Å². The molecule has 0 aliphatic heterocycles. The van der Waals surface area contributed by atoms with E-state index in [-0.39, 0.29) is 6.42 Å². The number of benzene rings is 1. The van der Waals surface area contributed by atoms with Crippen LogP contribution in [-0.4, -0.2) is 33.3 Å². The number of carboxylic acids is 1. The first-order valence-electron chi connectivity index (χ1n) is 5.97. The highest BCUT2D eigenvalue weighted by Crippen LogP contribution is 2.09. The van der Waals surface area contributed by atoms with E-state index in [4.69, 9.17) is 5.11 Å². The molecule has 1 unspecified atom stereocenters. The van der Waals surface area contributed by atoms with Crippen molar-refractivity contribution in [3.8, 4) is 0 Å². The second kappa shape index (κ2) is 8.00. The van der Waals surface area contributed by atoms with Gasteiger partial charge in [-0.1, -0.05) is 31.2 Å². The molecule has 100 valence electrons. The molecule has 2 N–H and O–H groups in total. The summed E-state index contributed by atoms with van der Waals surface area (Å²) in [6, 6.07) is 7.48. The van der Waals surface area contributed by atoms with Crippen molar-refractivity contribution >= 4 is 16.8 Å². The predicted molar refractivity (Wildman–Crippen MR) is 73.0 cm³/mol. The van der Waals surface area contributed by atoms with E-state index in [1.54, 1.807) is 0 Å². The third-order valence-electron chi connectivity index (χ3n) is 2.60. The Morgan fingerprint density at radius 3 is 2.61 bits per heavy atom. The average molecular weight is 269 g/mol. The second-order valence-electron chi connectivity index (χ2n) is 3.95. The Morgan fingerprint density at radius 2 is 2.00 bits per heavy atom. The SMILES string of the molecule is CCS(=O)CCNCc1ccccc1CC(=O)O. The van der Waals surface area contributed by atoms with E-state index in [1.807, 2.05) is 31.2 Å². The van der Waals surface area contributed by atoms with Crippen molar-refractivity contribution in [1.29, 1.82) is 0 Å². The lowest BCUT2D eigenvalue weighted by molar-refractivity contribution is -0.136. The molecule has 0 saturated heterocycles. The highest BCUT2D eigenvalue weighted by Gasteiger charge is 2.05. The van der Waals surface area contributed by atoms with E-state index in [2.05, 4.69) is 5.32 Å². The number of carbonyl (C=O) groups is 1. The zero-order chi connectivity index (χ0) is 13.4. The van der Waals surface area contributed by atoms with E-state index in [1.165, 1.54) is 0 Å². The Kier molecular flexibility index (Phi) is 6.60. The summed E-state index contributed by atoms with van der Waals surface area (Å²) in [5.74, 6) is 0.490. The molecule has 0 aliphatic carbocycles. The number of nitrogens with one attached hydrogen (secondary N) is 1. The van der Waals surface area contributed by atoms with Crippen molar-refractivity contribution in [2.75, 3.05) is 18.1 Å². The number of aliphatic carboxylic acids is 1. The lowest BCUT2D eigenvalue weighted by Crippen LogP contribution is -2.21. The molecule has 1 atom stereocenters. The maximum absolute atomic E-state index is 11.2. The minimum absolute atomic E-state index is 0.0404. The van der Waals surface area contributed by atoms with Gasteiger partial charge in [0.25, 0.3) is 0 Å². The standard InChI is InChI=1S/C13H19NO3S/c1-2-18(17)8-7-14-10-12-6-4-3-5-11(12)9-13(15)16/h3-6,14H,2,7-10H2,1H3,(H,15,16). The molecule has 0 spiro atoms. The van der Waals surface area contributed by atoms with Gasteiger partial charge in [-0.2, -0.15) is 0 Å². The Balaban J connectivity index is 2.46. The van der Waals surface area contributed by atoms with Crippen LogP contribution in [0.5, 0.6) is 0 Å². The predicted octanol–water partition coefficient (Wildman–Crippen LogP) is 1.17. The Labute approximate surface area is 110 Å². The normalized spacial score (nSPS) is 12.3. The van der Waals surface area contributed by atoms with Gasteiger partial charge in [0.15, 0.2) is 0 Å². The topological polar surface area (TPSA) is 66.4 Å². The molecule has 0 saturated carbocycles. The molecular formula is C13H19NO3S. The van der Waals surface area contributed by atoms with Crippen LogP contribution in [0.25, 0.3) is 0 Å². The van der Waals surface area contributed by atoms with Crippen LogP contribution in [0.4, 0.5) is 0 Å². The fourth-order valence-electron chi connectivity index (χ4n) is 1.62. The third kappa shape index (κ3) is 5.42. The zero-order valence-corrected chi connectivity index (χ0v) is 11.3. The molecule has 0 aromatic heterocycles. The highest BCUT2D eigenvalue weighted by atomic mass is 32.2. The van der Waals surface area contributed by atoms with Crippen LogP contribution in [0, 0.1) is 0 Å². The van der Waals surface area contributed by atoms with Crippen LogP contribution in [0.1, 0.15) is 18.1 Å². The summed E-state index contributed by atoms with van der Waals surface area (Å²) < 4.78 is 11.2. The average Bonchev–Trinajstić information content (AvgIpc) is 2.35. The summed E-state index contributed by atoms with van der Waals surface area (Å²) in [6.45, 7) is 3.20. The smallest absolute Gasteiger partial charge is 0.307 e. The van der Waals surface area contributed by atoms with E-state index in [0.717, 1.165) is 11.1 Å². The summed E-state index contributed by atoms with van der Waals surface area (Å²) >= 11 is 0. The molecule has 0 heterocycles. The highest BCUT2D eigenvalue weighted by molar-refractivity contribution is 7.84. The molecule has 0 fully saturated rings. The maximum Gasteiger partial charge on any atom is 0.307 e. The Morgan fingerprint density at radius 1 is 1.33 bits per heavy atom. The van der Waals surface area contributed by atoms with Crippen LogP contribution in [-0.2, 0) is 28.6 Å². The maximum atomic E-state index is 11.2. The van der Waals surface area contributed by atoms with Gasteiger partial charge in [0.1, 0.15) is 0 Å². The van der Waals surface area contributed by atoms with E-state index < -0.39 is 16.8 Å². The molecule has 1 aromatic carbocycles. The summed E-state index contributed by atoms with van der Waals surface area (Å²) in [6.07, 6.45) is 0.0404. The number of rotatable bonds is 8. The van der Waals surface area contributed by atoms with E-state index >= 15 is 0 Å². The van der Waals surface area contributed by atoms with Gasteiger partial charge < -0.3 is 10.4 Å². The van der Waals surface area contributed by atoms with Crippen molar-refractivity contribution < 1.29 is 14.1 Å². The van der Waals surface area contributed by atoms with Gasteiger partial charge in [0, 0.05) is 35.4 Å². The molecule has 0 amide bonds. The first kappa shape index (κ1) is 14.9. The van der Waals surface area contributed by atoms with Gasteiger partial charge >= 0.3 is 5.97 Å². The monoisotopic (exact) mass is 269 g/mol. The molecule has 1 rings (SSSR count). The van der Waals surface area contributed by atoms with Crippen molar-refractivity contribution in [1.82, 2.24) is 5.32 Å². The van der Waals surface area contributed by atoms with Gasteiger partial charge in [-0.05, 0) is 11.1 Å². The number of hydrogen-bond acceptors (Lipinski definition) is 3. The fraction of sp³-hybridized carbons (Fsp3) is 0.462. The number of carboxylic acid groups (broad SMARTS) is 1. The molecule has 0 bridgehead atoms. The molecule has 0 aliphatic rings. The van der Waals surface area contributed by atoms with Crippen LogP contribution in [0.15, 0.2) is 24.3 Å². The van der Waals surface area contributed by atoms with Crippen LogP contribution in [0.3, 0.4) is 0 Å². The summed E-state index contributed by atoms with van der Waals surface area (Å²) in [5.41, 5.74) is 1.82. The molecule has 0 radical (unpaired) electrons. The molecule has 1 aromatic rings. The van der Waals surface area contributed by atoms with Gasteiger partial charge in [-0.3, -0.25) is 9.00 Å². The molecule has 18 heavy (non-hydrogen) atoms. The molecule has 5 heteroatoms. The zero-order valence-electron chi connectivity index (χ0n) is 10.5. The van der Waals surface area contributed by atoms with Gasteiger partial charge in [0.05, 0.1) is 6.42 Å². The first-order chi connectivity index (χ1) is 8.63. The first-order valence-corrected chi connectivity index (χ1v) is 7.46. The summed E-state index contributed by atoms with van der Waals surface area (Å²) in [4.78, 5) is 10.7. The third-order valence-corrected chi connectivity index (χ3v) is 3.91. The second-order valence-corrected chi connectivity index (χ2v) is 5.81. The van der Waals surface area contributed by atoms with E-state index in [9.17, 15) is 9.00 Å². The van der Waals surface area contributed by atoms with Crippen LogP contribution < -0.4 is 5.32 Å². The van der Waals surface area contributed by atoms with Crippen molar-refractivity contribution in [3.63, 3.8) is 0 Å². The van der Waals surface area contributed by atoms with Crippen LogP contribution in [0.2, 0.25) is 0 Å². The van der Waals surface area contributed by atoms with Gasteiger partial charge in [-0.15, -0.1) is 0 Å². The van der Waals surface area contributed by atoms with Gasteiger partial charge in [-0.25, -0.2) is 0 Å². The van der Waals surface area contributed by atoms with Crippen molar-refractivity contribution in [3.05, 3.63) is 35.4 Å². The number of hydrogen-bond donors (Lipinski definition) is 2.